The van der Waals surface area contributed by atoms with E-state index in [0.717, 1.165) is 6.42 Å². The van der Waals surface area contributed by atoms with Crippen LogP contribution in [0.15, 0.2) is 77.7 Å². The third-order valence-electron chi connectivity index (χ3n) is 4.25. The van der Waals surface area contributed by atoms with E-state index in [1.807, 2.05) is 24.3 Å². The quantitative estimate of drug-likeness (QED) is 0.526. The molecular formula is C22H21ClN2O4S. The first-order valence-corrected chi connectivity index (χ1v) is 11.1. The largest absolute Gasteiger partial charge is 0.484 e. The summed E-state index contributed by atoms with van der Waals surface area (Å²) in [4.78, 5) is 12.1. The van der Waals surface area contributed by atoms with Gasteiger partial charge in [-0.05, 0) is 72.6 Å². The SMILES string of the molecule is CCc1ccc(NC(=O)COc2ccc(S(=O)(=O)Nc3ccc(Cl)cc3)cc2)cc1. The second-order valence-corrected chi connectivity index (χ2v) is 8.59. The zero-order valence-corrected chi connectivity index (χ0v) is 17.8. The fourth-order valence-corrected chi connectivity index (χ4v) is 3.80. The van der Waals surface area contributed by atoms with E-state index in [0.29, 0.717) is 22.1 Å². The maximum atomic E-state index is 12.5. The molecule has 0 saturated heterocycles. The Morgan fingerprint density at radius 3 is 2.10 bits per heavy atom. The normalized spacial score (nSPS) is 11.0. The predicted molar refractivity (Wildman–Crippen MR) is 119 cm³/mol. The van der Waals surface area contributed by atoms with Gasteiger partial charge in [-0.15, -0.1) is 0 Å². The van der Waals surface area contributed by atoms with Gasteiger partial charge < -0.3 is 10.1 Å². The summed E-state index contributed by atoms with van der Waals surface area (Å²) in [6, 6.07) is 19.7. The first kappa shape index (κ1) is 21.7. The number of rotatable bonds is 8. The molecule has 0 unspecified atom stereocenters. The number of amides is 1. The van der Waals surface area contributed by atoms with Gasteiger partial charge in [0.1, 0.15) is 5.75 Å². The number of hydrogen-bond acceptors (Lipinski definition) is 4. The zero-order chi connectivity index (χ0) is 21.6. The van der Waals surface area contributed by atoms with Crippen LogP contribution in [0, 0.1) is 0 Å². The maximum Gasteiger partial charge on any atom is 0.262 e. The number of sulfonamides is 1. The van der Waals surface area contributed by atoms with Crippen molar-refractivity contribution in [1.82, 2.24) is 0 Å². The molecule has 0 aliphatic rings. The van der Waals surface area contributed by atoms with Gasteiger partial charge in [0.25, 0.3) is 15.9 Å². The minimum atomic E-state index is -3.75. The van der Waals surface area contributed by atoms with Crippen LogP contribution in [-0.2, 0) is 21.2 Å². The highest BCUT2D eigenvalue weighted by molar-refractivity contribution is 7.92. The lowest BCUT2D eigenvalue weighted by molar-refractivity contribution is -0.118. The van der Waals surface area contributed by atoms with Crippen molar-refractivity contribution in [3.63, 3.8) is 0 Å². The van der Waals surface area contributed by atoms with Gasteiger partial charge >= 0.3 is 0 Å². The van der Waals surface area contributed by atoms with Crippen molar-refractivity contribution in [1.29, 1.82) is 0 Å². The van der Waals surface area contributed by atoms with Gasteiger partial charge in [0, 0.05) is 16.4 Å². The molecule has 0 radical (unpaired) electrons. The van der Waals surface area contributed by atoms with E-state index in [4.69, 9.17) is 16.3 Å². The van der Waals surface area contributed by atoms with Gasteiger partial charge in [0.2, 0.25) is 0 Å². The molecule has 0 aliphatic heterocycles. The Hall–Kier alpha value is -3.03. The minimum Gasteiger partial charge on any atom is -0.484 e. The van der Waals surface area contributed by atoms with Crippen molar-refractivity contribution >= 4 is 38.9 Å². The molecule has 0 aromatic heterocycles. The predicted octanol–water partition coefficient (Wildman–Crippen LogP) is 4.72. The number of aryl methyl sites for hydroxylation is 1. The van der Waals surface area contributed by atoms with E-state index < -0.39 is 10.0 Å². The number of halogens is 1. The average molecular weight is 445 g/mol. The van der Waals surface area contributed by atoms with Gasteiger partial charge in [-0.2, -0.15) is 0 Å². The molecule has 0 spiro atoms. The standard InChI is InChI=1S/C22H21ClN2O4S/c1-2-16-3-7-18(8-4-16)24-22(26)15-29-20-11-13-21(14-12-20)30(27,28)25-19-9-5-17(23)6-10-19/h3-14,25H,2,15H2,1H3,(H,24,26). The Morgan fingerprint density at radius 2 is 1.50 bits per heavy atom. The molecule has 3 aromatic carbocycles. The van der Waals surface area contributed by atoms with E-state index in [9.17, 15) is 13.2 Å². The number of carbonyl (C=O) groups excluding carboxylic acids is 1. The van der Waals surface area contributed by atoms with Crippen molar-refractivity contribution in [3.8, 4) is 5.75 Å². The van der Waals surface area contributed by atoms with Gasteiger partial charge in [-0.25, -0.2) is 8.42 Å². The van der Waals surface area contributed by atoms with Gasteiger partial charge in [-0.3, -0.25) is 9.52 Å². The molecule has 3 rings (SSSR count). The van der Waals surface area contributed by atoms with Crippen molar-refractivity contribution < 1.29 is 17.9 Å². The molecule has 2 N–H and O–H groups in total. The second-order valence-electron chi connectivity index (χ2n) is 6.47. The molecule has 30 heavy (non-hydrogen) atoms. The Labute approximate surface area is 180 Å². The highest BCUT2D eigenvalue weighted by atomic mass is 35.5. The van der Waals surface area contributed by atoms with Crippen LogP contribution in [0.1, 0.15) is 12.5 Å². The molecule has 0 heterocycles. The molecule has 6 nitrogen and oxygen atoms in total. The number of ether oxygens (including phenoxy) is 1. The third-order valence-corrected chi connectivity index (χ3v) is 5.90. The lowest BCUT2D eigenvalue weighted by Gasteiger charge is -2.10. The molecule has 0 atom stereocenters. The van der Waals surface area contributed by atoms with Crippen molar-refractivity contribution in [3.05, 3.63) is 83.4 Å². The van der Waals surface area contributed by atoms with Crippen LogP contribution in [0.4, 0.5) is 11.4 Å². The fraction of sp³-hybridized carbons (Fsp3) is 0.136. The molecule has 0 bridgehead atoms. The van der Waals surface area contributed by atoms with Crippen LogP contribution in [0.2, 0.25) is 5.02 Å². The summed E-state index contributed by atoms with van der Waals surface area (Å²) in [5.41, 5.74) is 2.28. The molecule has 3 aromatic rings. The summed E-state index contributed by atoms with van der Waals surface area (Å²) in [5, 5.41) is 3.27. The fourth-order valence-electron chi connectivity index (χ4n) is 2.62. The maximum absolute atomic E-state index is 12.5. The molecule has 0 aliphatic carbocycles. The average Bonchev–Trinajstić information content (AvgIpc) is 2.74. The Balaban J connectivity index is 1.55. The van der Waals surface area contributed by atoms with Gasteiger partial charge in [0.15, 0.2) is 6.61 Å². The van der Waals surface area contributed by atoms with Crippen LogP contribution in [0.5, 0.6) is 5.75 Å². The van der Waals surface area contributed by atoms with E-state index in [-0.39, 0.29) is 17.4 Å². The summed E-state index contributed by atoms with van der Waals surface area (Å²) in [5.74, 6) is 0.0808. The van der Waals surface area contributed by atoms with E-state index in [1.165, 1.54) is 29.8 Å². The van der Waals surface area contributed by atoms with Crippen LogP contribution in [-0.4, -0.2) is 20.9 Å². The van der Waals surface area contributed by atoms with Crippen LogP contribution < -0.4 is 14.8 Å². The number of carbonyl (C=O) groups is 1. The summed E-state index contributed by atoms with van der Waals surface area (Å²) >= 11 is 5.81. The smallest absolute Gasteiger partial charge is 0.262 e. The monoisotopic (exact) mass is 444 g/mol. The number of anilines is 2. The van der Waals surface area contributed by atoms with Crippen LogP contribution in [0.3, 0.4) is 0 Å². The first-order valence-electron chi connectivity index (χ1n) is 9.26. The van der Waals surface area contributed by atoms with Gasteiger partial charge in [0.05, 0.1) is 4.90 Å². The summed E-state index contributed by atoms with van der Waals surface area (Å²) < 4.78 is 32.8. The third kappa shape index (κ3) is 5.98. The molecule has 156 valence electrons. The number of benzene rings is 3. The molecule has 8 heteroatoms. The number of nitrogens with one attached hydrogen (secondary N) is 2. The lowest BCUT2D eigenvalue weighted by Crippen LogP contribution is -2.20. The molecule has 0 saturated carbocycles. The summed E-state index contributed by atoms with van der Waals surface area (Å²) in [6.45, 7) is 1.87. The topological polar surface area (TPSA) is 84.5 Å². The second kappa shape index (κ2) is 9.65. The Bertz CT molecular complexity index is 1100. The molecular weight excluding hydrogens is 424 g/mol. The van der Waals surface area contributed by atoms with Crippen molar-refractivity contribution in [2.45, 2.75) is 18.2 Å². The van der Waals surface area contributed by atoms with E-state index in [2.05, 4.69) is 17.0 Å². The van der Waals surface area contributed by atoms with Crippen LogP contribution >= 0.6 is 11.6 Å². The summed E-state index contributed by atoms with van der Waals surface area (Å²) in [6.07, 6.45) is 0.929. The first-order chi connectivity index (χ1) is 14.4. The summed E-state index contributed by atoms with van der Waals surface area (Å²) in [7, 11) is -3.75. The van der Waals surface area contributed by atoms with E-state index in [1.54, 1.807) is 24.3 Å². The van der Waals surface area contributed by atoms with Gasteiger partial charge in [-0.1, -0.05) is 30.7 Å². The molecule has 1 amide bonds. The number of hydrogen-bond donors (Lipinski definition) is 2. The highest BCUT2D eigenvalue weighted by Gasteiger charge is 2.14. The highest BCUT2D eigenvalue weighted by Crippen LogP contribution is 2.20. The van der Waals surface area contributed by atoms with Crippen LogP contribution in [0.25, 0.3) is 0 Å². The minimum absolute atomic E-state index is 0.0743. The Morgan fingerprint density at radius 1 is 0.900 bits per heavy atom. The Kier molecular flexibility index (Phi) is 6.97. The van der Waals surface area contributed by atoms with Crippen molar-refractivity contribution in [2.24, 2.45) is 0 Å². The lowest BCUT2D eigenvalue weighted by atomic mass is 10.1. The van der Waals surface area contributed by atoms with E-state index >= 15 is 0 Å². The van der Waals surface area contributed by atoms with Crippen molar-refractivity contribution in [2.75, 3.05) is 16.6 Å². The zero-order valence-electron chi connectivity index (χ0n) is 16.3. The molecule has 0 fully saturated rings.